The molecule has 9 atom stereocenters. The molecule has 5 saturated carbocycles. The molecule has 0 amide bonds. The van der Waals surface area contributed by atoms with E-state index in [9.17, 15) is 9.90 Å². The first-order valence-electron chi connectivity index (χ1n) is 15.4. The fourth-order valence-corrected chi connectivity index (χ4v) is 12.1. The van der Waals surface area contributed by atoms with Gasteiger partial charge in [0.15, 0.2) is 5.78 Å². The molecule has 1 aromatic heterocycles. The molecule has 208 valence electrons. The van der Waals surface area contributed by atoms with Gasteiger partial charge in [-0.15, -0.1) is 0 Å². The maximum atomic E-state index is 13.9. The molecular weight excluding hydrogens is 468 g/mol. The number of carbonyl (C=O) groups is 1. The van der Waals surface area contributed by atoms with E-state index >= 15 is 0 Å². The number of aliphatic hydroxyl groups excluding tert-OH is 1. The summed E-state index contributed by atoms with van der Waals surface area (Å²) in [5.41, 5.74) is 2.60. The number of hydrogen-bond donors (Lipinski definition) is 1. The van der Waals surface area contributed by atoms with Crippen molar-refractivity contribution in [3.8, 4) is 0 Å². The third-order valence-electron chi connectivity index (χ3n) is 14.0. The zero-order valence-electron chi connectivity index (χ0n) is 24.7. The number of allylic oxidation sites excluding steroid dienone is 2. The molecule has 0 bridgehead atoms. The average Bonchev–Trinajstić information content (AvgIpc) is 3.51. The van der Waals surface area contributed by atoms with Crippen LogP contribution < -0.4 is 0 Å². The number of carbonyl (C=O) groups excluding carboxylic acids is 1. The first kappa shape index (κ1) is 26.6. The van der Waals surface area contributed by atoms with Crippen molar-refractivity contribution in [1.82, 2.24) is 0 Å². The van der Waals surface area contributed by atoms with Crippen LogP contribution in [0.3, 0.4) is 0 Å². The summed E-state index contributed by atoms with van der Waals surface area (Å²) in [6, 6.07) is 3.87. The highest BCUT2D eigenvalue weighted by Gasteiger charge is 2.71. The topological polar surface area (TPSA) is 50.4 Å². The molecule has 0 unspecified atom stereocenters. The Bertz CT molecular complexity index is 1160. The Morgan fingerprint density at radius 3 is 2.45 bits per heavy atom. The van der Waals surface area contributed by atoms with Gasteiger partial charge in [-0.1, -0.05) is 46.8 Å². The minimum atomic E-state index is -0.361. The molecule has 3 heteroatoms. The van der Waals surface area contributed by atoms with E-state index in [1.54, 1.807) is 6.26 Å². The highest BCUT2D eigenvalue weighted by Crippen LogP contribution is 2.77. The fraction of sp³-hybridized carbons (Fsp3) is 0.743. The van der Waals surface area contributed by atoms with Crippen molar-refractivity contribution in [2.75, 3.05) is 6.61 Å². The van der Waals surface area contributed by atoms with Crippen molar-refractivity contribution < 1.29 is 14.3 Å². The largest absolute Gasteiger partial charge is 0.465 e. The average molecular weight is 519 g/mol. The Kier molecular flexibility index (Phi) is 5.91. The molecule has 0 radical (unpaired) electrons. The van der Waals surface area contributed by atoms with Crippen molar-refractivity contribution in [2.45, 2.75) is 99.3 Å². The molecule has 0 aromatic carbocycles. The van der Waals surface area contributed by atoms with Crippen molar-refractivity contribution >= 4 is 11.9 Å². The van der Waals surface area contributed by atoms with Crippen molar-refractivity contribution in [3.05, 3.63) is 41.9 Å². The quantitative estimate of drug-likeness (QED) is 0.322. The number of rotatable bonds is 3. The molecule has 5 aliphatic carbocycles. The van der Waals surface area contributed by atoms with Crippen LogP contribution in [0.5, 0.6) is 0 Å². The van der Waals surface area contributed by atoms with E-state index in [-0.39, 0.29) is 27.1 Å². The predicted octanol–water partition coefficient (Wildman–Crippen LogP) is 8.49. The maximum Gasteiger partial charge on any atom is 0.164 e. The Balaban J connectivity index is 1.41. The number of aliphatic hydroxyl groups is 1. The second-order valence-corrected chi connectivity index (χ2v) is 15.6. The Morgan fingerprint density at radius 1 is 1.03 bits per heavy atom. The highest BCUT2D eigenvalue weighted by molar-refractivity contribution is 6.04. The van der Waals surface area contributed by atoms with Crippen LogP contribution in [0.4, 0.5) is 0 Å². The van der Waals surface area contributed by atoms with Gasteiger partial charge < -0.3 is 9.52 Å². The first-order chi connectivity index (χ1) is 17.8. The summed E-state index contributed by atoms with van der Waals surface area (Å²) in [6.45, 7) is 19.3. The lowest BCUT2D eigenvalue weighted by atomic mass is 9.32. The van der Waals surface area contributed by atoms with Crippen molar-refractivity contribution in [1.29, 1.82) is 0 Å². The third kappa shape index (κ3) is 3.26. The van der Waals surface area contributed by atoms with Crippen molar-refractivity contribution in [2.24, 2.45) is 56.7 Å². The van der Waals surface area contributed by atoms with Gasteiger partial charge in [0.05, 0.1) is 6.26 Å². The van der Waals surface area contributed by atoms with Crippen LogP contribution in [-0.2, 0) is 4.79 Å². The summed E-state index contributed by atoms with van der Waals surface area (Å²) < 4.78 is 5.67. The summed E-state index contributed by atoms with van der Waals surface area (Å²) in [4.78, 5) is 13.9. The SMILES string of the molecule is C=C(C)[C@@H]1CC[C@]2(CO)CC[C@]3(C)[C@H](CC[C@@H]4[C@@]5(C)C/C(=C/c6ccco6)C(=O)C(C)(C)[C@@H]5CC[C@]43C)[C@@H]12. The van der Waals surface area contributed by atoms with Crippen LogP contribution in [0.15, 0.2) is 40.5 Å². The van der Waals surface area contributed by atoms with E-state index in [1.807, 2.05) is 18.2 Å². The summed E-state index contributed by atoms with van der Waals surface area (Å²) in [6.07, 6.45) is 14.2. The molecule has 3 nitrogen and oxygen atoms in total. The van der Waals surface area contributed by atoms with Crippen LogP contribution >= 0.6 is 0 Å². The molecule has 1 aromatic rings. The second-order valence-electron chi connectivity index (χ2n) is 15.6. The van der Waals surface area contributed by atoms with Gasteiger partial charge in [0.1, 0.15) is 5.76 Å². The van der Waals surface area contributed by atoms with Gasteiger partial charge in [-0.25, -0.2) is 0 Å². The van der Waals surface area contributed by atoms with E-state index in [2.05, 4.69) is 48.1 Å². The Labute approximate surface area is 230 Å². The molecule has 0 spiro atoms. The first-order valence-corrected chi connectivity index (χ1v) is 15.4. The molecule has 0 saturated heterocycles. The third-order valence-corrected chi connectivity index (χ3v) is 14.0. The number of Topliss-reactive ketones (excluding diaryl/α,β-unsaturated/α-hetero) is 1. The fourth-order valence-electron chi connectivity index (χ4n) is 12.1. The summed E-state index contributed by atoms with van der Waals surface area (Å²) in [5, 5.41) is 10.8. The zero-order valence-corrected chi connectivity index (χ0v) is 24.7. The molecule has 1 heterocycles. The van der Waals surface area contributed by atoms with Crippen molar-refractivity contribution in [3.63, 3.8) is 0 Å². The smallest absolute Gasteiger partial charge is 0.164 e. The highest BCUT2D eigenvalue weighted by atomic mass is 16.3. The van der Waals surface area contributed by atoms with Crippen LogP contribution in [0.25, 0.3) is 6.08 Å². The van der Waals surface area contributed by atoms with Gasteiger partial charge >= 0.3 is 0 Å². The number of fused-ring (bicyclic) bond motifs is 7. The number of furan rings is 1. The lowest BCUT2D eigenvalue weighted by molar-refractivity contribution is -0.232. The molecule has 0 aliphatic heterocycles. The van der Waals surface area contributed by atoms with E-state index in [0.717, 1.165) is 37.0 Å². The van der Waals surface area contributed by atoms with Crippen LogP contribution in [0, 0.1) is 56.7 Å². The minimum Gasteiger partial charge on any atom is -0.465 e. The monoisotopic (exact) mass is 518 g/mol. The van der Waals surface area contributed by atoms with E-state index in [4.69, 9.17) is 4.42 Å². The number of hydrogen-bond acceptors (Lipinski definition) is 3. The molecule has 5 fully saturated rings. The van der Waals surface area contributed by atoms with Gasteiger partial charge in [-0.2, -0.15) is 0 Å². The molecule has 38 heavy (non-hydrogen) atoms. The molecule has 5 aliphatic rings. The lowest BCUT2D eigenvalue weighted by Crippen LogP contribution is -2.66. The number of ketones is 1. The van der Waals surface area contributed by atoms with E-state index in [1.165, 1.54) is 37.7 Å². The summed E-state index contributed by atoms with van der Waals surface area (Å²) >= 11 is 0. The normalized spacial score (nSPS) is 48.7. The summed E-state index contributed by atoms with van der Waals surface area (Å²) in [7, 11) is 0. The van der Waals surface area contributed by atoms with Gasteiger partial charge in [0.2, 0.25) is 0 Å². The Hall–Kier alpha value is -1.61. The predicted molar refractivity (Wildman–Crippen MR) is 153 cm³/mol. The standard InChI is InChI=1S/C35H50O3/c1-22(2)25-12-15-35(21-36)17-16-33(6)26(29(25)35)10-11-28-32(5)20-23(19-24-9-8-18-38-24)30(37)31(3,4)27(32)13-14-34(28,33)7/h8-9,18-19,25-29,36H,1,10-17,20-21H2,2-7H3/b23-19-/t25-,26+,27-,28+,29+,32-,33+,34+,35+/m0/s1. The minimum absolute atomic E-state index is 0.0890. The van der Waals surface area contributed by atoms with E-state index < -0.39 is 0 Å². The van der Waals surface area contributed by atoms with Gasteiger partial charge in [0, 0.05) is 12.0 Å². The molecule has 1 N–H and O–H groups in total. The van der Waals surface area contributed by atoms with Crippen LogP contribution in [-0.4, -0.2) is 17.5 Å². The van der Waals surface area contributed by atoms with Gasteiger partial charge in [-0.05, 0) is 140 Å². The maximum absolute atomic E-state index is 13.9. The lowest BCUT2D eigenvalue weighted by Gasteiger charge is -2.72. The van der Waals surface area contributed by atoms with Crippen LogP contribution in [0.2, 0.25) is 0 Å². The van der Waals surface area contributed by atoms with Gasteiger partial charge in [0.25, 0.3) is 0 Å². The molecule has 6 rings (SSSR count). The zero-order chi connectivity index (χ0) is 27.3. The summed E-state index contributed by atoms with van der Waals surface area (Å²) in [5.74, 6) is 3.86. The Morgan fingerprint density at radius 2 is 1.79 bits per heavy atom. The molecular formula is C35H50O3. The van der Waals surface area contributed by atoms with Gasteiger partial charge in [-0.3, -0.25) is 4.79 Å². The van der Waals surface area contributed by atoms with E-state index in [0.29, 0.717) is 42.0 Å². The van der Waals surface area contributed by atoms with Crippen LogP contribution in [0.1, 0.15) is 105 Å². The second kappa shape index (κ2) is 8.45.